The van der Waals surface area contributed by atoms with Crippen molar-refractivity contribution in [3.05, 3.63) is 12.7 Å². The fraction of sp³-hybridized carbons (Fsp3) is 0.714. The van der Waals surface area contributed by atoms with Crippen LogP contribution in [-0.2, 0) is 9.53 Å². The number of ether oxygens (including phenoxy) is 1. The topological polar surface area (TPSA) is 53.1 Å². The van der Waals surface area contributed by atoms with Gasteiger partial charge in [-0.1, -0.05) is 6.08 Å². The van der Waals surface area contributed by atoms with Crippen molar-refractivity contribution in [3.63, 3.8) is 0 Å². The molecule has 0 radical (unpaired) electrons. The Labute approximate surface area is 121 Å². The molecule has 1 rings (SSSR count). The molecule has 3 amide bonds. The van der Waals surface area contributed by atoms with Gasteiger partial charge in [0, 0.05) is 40.3 Å². The maximum Gasteiger partial charge on any atom is 0.319 e. The zero-order valence-corrected chi connectivity index (χ0v) is 12.7. The average molecular weight is 283 g/mol. The van der Waals surface area contributed by atoms with Crippen LogP contribution in [0.15, 0.2) is 12.7 Å². The standard InChI is InChI=1S/C14H25N3O3/c1-5-6-11-20-12(2)13(18)16-7-9-17(10-8-16)14(19)15(3)4/h5,12H,1,6-11H2,2-4H3. The quantitative estimate of drug-likeness (QED) is 0.554. The van der Waals surface area contributed by atoms with Crippen molar-refractivity contribution >= 4 is 11.9 Å². The Kier molecular flexibility index (Phi) is 6.51. The van der Waals surface area contributed by atoms with Gasteiger partial charge in [-0.05, 0) is 13.3 Å². The predicted molar refractivity (Wildman–Crippen MR) is 77.5 cm³/mol. The summed E-state index contributed by atoms with van der Waals surface area (Å²) < 4.78 is 5.46. The molecule has 1 heterocycles. The first-order chi connectivity index (χ1) is 9.47. The lowest BCUT2D eigenvalue weighted by molar-refractivity contribution is -0.144. The number of carbonyl (C=O) groups excluding carboxylic acids is 2. The SMILES string of the molecule is C=CCCOC(C)C(=O)N1CCN(C(=O)N(C)C)CC1. The average Bonchev–Trinajstić information content (AvgIpc) is 2.46. The van der Waals surface area contributed by atoms with E-state index in [4.69, 9.17) is 4.74 Å². The normalized spacial score (nSPS) is 16.8. The van der Waals surface area contributed by atoms with Crippen LogP contribution in [0.2, 0.25) is 0 Å². The molecule has 6 heteroatoms. The fourth-order valence-corrected chi connectivity index (χ4v) is 2.06. The zero-order valence-electron chi connectivity index (χ0n) is 12.7. The third kappa shape index (κ3) is 4.52. The van der Waals surface area contributed by atoms with Crippen LogP contribution in [0.5, 0.6) is 0 Å². The van der Waals surface area contributed by atoms with E-state index in [1.165, 1.54) is 0 Å². The van der Waals surface area contributed by atoms with Gasteiger partial charge in [0.15, 0.2) is 0 Å². The summed E-state index contributed by atoms with van der Waals surface area (Å²) in [6, 6.07) is -0.00706. The molecule has 1 fully saturated rings. The van der Waals surface area contributed by atoms with E-state index in [-0.39, 0.29) is 11.9 Å². The molecule has 0 aromatic rings. The van der Waals surface area contributed by atoms with Gasteiger partial charge in [-0.3, -0.25) is 4.79 Å². The first-order valence-corrected chi connectivity index (χ1v) is 6.95. The van der Waals surface area contributed by atoms with Gasteiger partial charge in [-0.2, -0.15) is 0 Å². The predicted octanol–water partition coefficient (Wildman–Crippen LogP) is 0.793. The first-order valence-electron chi connectivity index (χ1n) is 6.95. The van der Waals surface area contributed by atoms with E-state index in [0.717, 1.165) is 6.42 Å². The Morgan fingerprint density at radius 3 is 2.30 bits per heavy atom. The van der Waals surface area contributed by atoms with Gasteiger partial charge in [0.2, 0.25) is 0 Å². The summed E-state index contributed by atoms with van der Waals surface area (Å²) >= 11 is 0. The fourth-order valence-electron chi connectivity index (χ4n) is 2.06. The Morgan fingerprint density at radius 2 is 1.80 bits per heavy atom. The Balaban J connectivity index is 2.38. The van der Waals surface area contributed by atoms with Crippen LogP contribution >= 0.6 is 0 Å². The summed E-state index contributed by atoms with van der Waals surface area (Å²) in [6.45, 7) is 8.16. The van der Waals surface area contributed by atoms with Crippen molar-refractivity contribution in [2.45, 2.75) is 19.4 Å². The molecule has 0 aliphatic carbocycles. The summed E-state index contributed by atoms with van der Waals surface area (Å²) in [5.74, 6) is -0.00832. The summed E-state index contributed by atoms with van der Waals surface area (Å²) in [4.78, 5) is 29.0. The van der Waals surface area contributed by atoms with Crippen LogP contribution in [0.3, 0.4) is 0 Å². The van der Waals surface area contributed by atoms with Crippen LogP contribution in [-0.4, -0.2) is 79.6 Å². The number of hydrogen-bond acceptors (Lipinski definition) is 3. The second-order valence-electron chi connectivity index (χ2n) is 5.08. The molecule has 1 unspecified atom stereocenters. The molecule has 1 aliphatic rings. The molecule has 1 aliphatic heterocycles. The highest BCUT2D eigenvalue weighted by Gasteiger charge is 2.27. The first kappa shape index (κ1) is 16.5. The molecule has 1 atom stereocenters. The Hall–Kier alpha value is -1.56. The summed E-state index contributed by atoms with van der Waals surface area (Å²) in [7, 11) is 3.46. The number of urea groups is 1. The van der Waals surface area contributed by atoms with Gasteiger partial charge in [-0.25, -0.2) is 4.79 Å². The van der Waals surface area contributed by atoms with Crippen molar-refractivity contribution in [2.24, 2.45) is 0 Å². The number of piperazine rings is 1. The summed E-state index contributed by atoms with van der Waals surface area (Å²) in [5, 5.41) is 0. The number of nitrogens with zero attached hydrogens (tertiary/aromatic N) is 3. The highest BCUT2D eigenvalue weighted by molar-refractivity contribution is 5.81. The minimum atomic E-state index is -0.439. The lowest BCUT2D eigenvalue weighted by Crippen LogP contribution is -2.54. The maximum atomic E-state index is 12.2. The molecule has 0 aromatic carbocycles. The van der Waals surface area contributed by atoms with E-state index in [2.05, 4.69) is 6.58 Å². The lowest BCUT2D eigenvalue weighted by Gasteiger charge is -2.36. The van der Waals surface area contributed by atoms with E-state index >= 15 is 0 Å². The van der Waals surface area contributed by atoms with Gasteiger partial charge in [0.25, 0.3) is 5.91 Å². The zero-order chi connectivity index (χ0) is 15.1. The van der Waals surface area contributed by atoms with E-state index in [9.17, 15) is 9.59 Å². The van der Waals surface area contributed by atoms with Gasteiger partial charge in [0.1, 0.15) is 6.10 Å². The van der Waals surface area contributed by atoms with E-state index in [1.54, 1.807) is 41.8 Å². The third-order valence-corrected chi connectivity index (χ3v) is 3.28. The van der Waals surface area contributed by atoms with E-state index in [1.807, 2.05) is 0 Å². The van der Waals surface area contributed by atoms with E-state index in [0.29, 0.717) is 32.8 Å². The second kappa shape index (κ2) is 7.89. The van der Waals surface area contributed by atoms with Crippen LogP contribution in [0, 0.1) is 0 Å². The molecule has 0 aromatic heterocycles. The molecule has 0 bridgehead atoms. The third-order valence-electron chi connectivity index (χ3n) is 3.28. The minimum absolute atomic E-state index is 0.00706. The smallest absolute Gasteiger partial charge is 0.319 e. The number of hydrogen-bond donors (Lipinski definition) is 0. The van der Waals surface area contributed by atoms with Crippen LogP contribution in [0.1, 0.15) is 13.3 Å². The molecule has 6 nitrogen and oxygen atoms in total. The molecular weight excluding hydrogens is 258 g/mol. The van der Waals surface area contributed by atoms with Crippen LogP contribution < -0.4 is 0 Å². The number of carbonyl (C=O) groups is 2. The maximum absolute atomic E-state index is 12.2. The summed E-state index contributed by atoms with van der Waals surface area (Å²) in [6.07, 6.45) is 2.07. The van der Waals surface area contributed by atoms with Crippen LogP contribution in [0.25, 0.3) is 0 Å². The molecular formula is C14H25N3O3. The highest BCUT2D eigenvalue weighted by Crippen LogP contribution is 2.07. The van der Waals surface area contributed by atoms with Crippen LogP contribution in [0.4, 0.5) is 4.79 Å². The summed E-state index contributed by atoms with van der Waals surface area (Å²) in [5.41, 5.74) is 0. The molecule has 0 saturated carbocycles. The number of rotatable bonds is 5. The van der Waals surface area contributed by atoms with Gasteiger partial charge in [-0.15, -0.1) is 6.58 Å². The second-order valence-corrected chi connectivity index (χ2v) is 5.08. The monoisotopic (exact) mass is 283 g/mol. The Morgan fingerprint density at radius 1 is 1.25 bits per heavy atom. The lowest BCUT2D eigenvalue weighted by atomic mass is 10.2. The number of amides is 3. The molecule has 1 saturated heterocycles. The van der Waals surface area contributed by atoms with Gasteiger partial charge < -0.3 is 19.4 Å². The van der Waals surface area contributed by atoms with Crippen molar-refractivity contribution in [2.75, 3.05) is 46.9 Å². The molecule has 0 spiro atoms. The molecule has 0 N–H and O–H groups in total. The van der Waals surface area contributed by atoms with Gasteiger partial charge >= 0.3 is 6.03 Å². The van der Waals surface area contributed by atoms with Gasteiger partial charge in [0.05, 0.1) is 6.61 Å². The highest BCUT2D eigenvalue weighted by atomic mass is 16.5. The van der Waals surface area contributed by atoms with Crippen molar-refractivity contribution in [1.29, 1.82) is 0 Å². The van der Waals surface area contributed by atoms with Crippen molar-refractivity contribution < 1.29 is 14.3 Å². The van der Waals surface area contributed by atoms with E-state index < -0.39 is 6.10 Å². The molecule has 114 valence electrons. The largest absolute Gasteiger partial charge is 0.368 e. The van der Waals surface area contributed by atoms with Crippen molar-refractivity contribution in [3.8, 4) is 0 Å². The minimum Gasteiger partial charge on any atom is -0.368 e. The van der Waals surface area contributed by atoms with Crippen molar-refractivity contribution in [1.82, 2.24) is 14.7 Å². The Bertz CT molecular complexity index is 350. The molecule has 20 heavy (non-hydrogen) atoms.